The second-order valence-electron chi connectivity index (χ2n) is 4.29. The summed E-state index contributed by atoms with van der Waals surface area (Å²) in [5, 5.41) is 0. The molecule has 1 heterocycles. The van der Waals surface area contributed by atoms with E-state index in [1.807, 2.05) is 0 Å². The van der Waals surface area contributed by atoms with E-state index in [0.29, 0.717) is 0 Å². The molecule has 0 spiro atoms. The van der Waals surface area contributed by atoms with Gasteiger partial charge in [-0.2, -0.15) is 0 Å². The molecule has 0 radical (unpaired) electrons. The number of likely N-dealkylation sites (tertiary alicyclic amines) is 1. The third-order valence-electron chi connectivity index (χ3n) is 2.91. The van der Waals surface area contributed by atoms with Gasteiger partial charge in [-0.3, -0.25) is 0 Å². The molecule has 0 atom stereocenters. The van der Waals surface area contributed by atoms with Gasteiger partial charge in [-0.25, -0.2) is 0 Å². The van der Waals surface area contributed by atoms with Gasteiger partial charge in [0.25, 0.3) is 0 Å². The zero-order valence-corrected chi connectivity index (χ0v) is 11.4. The van der Waals surface area contributed by atoms with Crippen molar-refractivity contribution in [2.24, 2.45) is 0 Å². The number of hydrogen-bond acceptors (Lipinski definition) is 1. The van der Waals surface area contributed by atoms with Crippen molar-refractivity contribution in [1.82, 2.24) is 4.90 Å². The zero-order valence-electron chi connectivity index (χ0n) is 9.65. The van der Waals surface area contributed by atoms with E-state index in [1.54, 1.807) is 0 Å². The van der Waals surface area contributed by atoms with Gasteiger partial charge in [0.1, 0.15) is 0 Å². The van der Waals surface area contributed by atoms with Crippen molar-refractivity contribution in [2.75, 3.05) is 13.1 Å². The molecular weight excluding hydrogens is 261 g/mol. The molecule has 1 saturated heterocycles. The quantitative estimate of drug-likeness (QED) is 0.767. The first-order valence-electron chi connectivity index (χ1n) is 5.79. The Kier molecular flexibility index (Phi) is 3.98. The molecule has 0 N–H and O–H groups in total. The van der Waals surface area contributed by atoms with Crippen LogP contribution in [0.25, 0.3) is 0 Å². The number of benzene rings is 1. The van der Waals surface area contributed by atoms with Crippen LogP contribution >= 0.6 is 0 Å². The van der Waals surface area contributed by atoms with E-state index in [2.05, 4.69) is 63.9 Å². The van der Waals surface area contributed by atoms with Crippen LogP contribution in [0.3, 0.4) is 0 Å². The molecule has 0 amide bonds. The third kappa shape index (κ3) is 3.07. The van der Waals surface area contributed by atoms with Crippen LogP contribution in [0.2, 0.25) is 0 Å². The Labute approximate surface area is 106 Å². The van der Waals surface area contributed by atoms with Gasteiger partial charge in [0.15, 0.2) is 0 Å². The van der Waals surface area contributed by atoms with Crippen LogP contribution in [0.1, 0.15) is 24.0 Å². The van der Waals surface area contributed by atoms with Gasteiger partial charge in [-0.1, -0.05) is 0 Å². The van der Waals surface area contributed by atoms with Crippen LogP contribution < -0.4 is 0 Å². The molecular formula is C14H17NSe. The second kappa shape index (κ2) is 5.47. The molecule has 1 aliphatic rings. The summed E-state index contributed by atoms with van der Waals surface area (Å²) in [4.78, 5) is 2.38. The van der Waals surface area contributed by atoms with Crippen molar-refractivity contribution in [3.8, 4) is 0 Å². The summed E-state index contributed by atoms with van der Waals surface area (Å²) in [7, 11) is 0. The van der Waals surface area contributed by atoms with Crippen LogP contribution in [-0.4, -0.2) is 38.0 Å². The fourth-order valence-corrected chi connectivity index (χ4v) is 2.29. The van der Waals surface area contributed by atoms with Crippen LogP contribution in [0.5, 0.6) is 0 Å². The van der Waals surface area contributed by atoms with Crippen molar-refractivity contribution >= 4 is 20.0 Å². The van der Waals surface area contributed by atoms with E-state index in [1.165, 1.54) is 41.5 Å². The number of allylic oxidation sites excluding steroid dienone is 1. The second-order valence-corrected chi connectivity index (χ2v) is 5.21. The monoisotopic (exact) mass is 279 g/mol. The molecule has 2 rings (SSSR count). The number of nitrogens with zero attached hydrogens (tertiary/aromatic N) is 1. The van der Waals surface area contributed by atoms with Gasteiger partial charge in [-0.05, 0) is 0 Å². The van der Waals surface area contributed by atoms with Crippen LogP contribution in [0.4, 0.5) is 0 Å². The van der Waals surface area contributed by atoms with Crippen LogP contribution in [0.15, 0.2) is 36.5 Å². The van der Waals surface area contributed by atoms with Gasteiger partial charge in [0.2, 0.25) is 0 Å². The molecule has 0 unspecified atom stereocenters. The summed E-state index contributed by atoms with van der Waals surface area (Å²) < 4.78 is 1.21. The Hall–Kier alpha value is -0.851. The van der Waals surface area contributed by atoms with Gasteiger partial charge in [-0.15, -0.1) is 0 Å². The predicted molar refractivity (Wildman–Crippen MR) is 71.0 cm³/mol. The molecule has 1 nitrogen and oxygen atoms in total. The SMILES string of the molecule is Cc1ccc(C(=[Se])/C=C/N2CCCC2)cc1. The van der Waals surface area contributed by atoms with E-state index in [4.69, 9.17) is 0 Å². The summed E-state index contributed by atoms with van der Waals surface area (Å²) in [6, 6.07) is 8.62. The van der Waals surface area contributed by atoms with E-state index >= 15 is 0 Å². The van der Waals surface area contributed by atoms with Gasteiger partial charge in [0.05, 0.1) is 0 Å². The normalized spacial score (nSPS) is 15.9. The molecule has 1 aromatic rings. The van der Waals surface area contributed by atoms with E-state index in [0.717, 1.165) is 0 Å². The summed E-state index contributed by atoms with van der Waals surface area (Å²) in [5.74, 6) is 0. The Balaban J connectivity index is 1.99. The standard InChI is InChI=1S/C14H17NSe/c1-12-4-6-13(7-5-12)14(16)8-11-15-9-2-3-10-15/h4-8,11H,2-3,9-10H2,1H3/b11-8+. The van der Waals surface area contributed by atoms with Crippen molar-refractivity contribution in [3.05, 3.63) is 47.7 Å². The molecule has 84 valence electrons. The summed E-state index contributed by atoms with van der Waals surface area (Å²) in [5.41, 5.74) is 2.57. The molecule has 1 aromatic carbocycles. The van der Waals surface area contributed by atoms with Crippen molar-refractivity contribution in [1.29, 1.82) is 0 Å². The van der Waals surface area contributed by atoms with Crippen LogP contribution in [0, 0.1) is 6.92 Å². The number of rotatable bonds is 3. The van der Waals surface area contributed by atoms with Crippen molar-refractivity contribution < 1.29 is 0 Å². The minimum absolute atomic E-state index is 1.21. The zero-order chi connectivity index (χ0) is 11.4. The summed E-state index contributed by atoms with van der Waals surface area (Å²) in [6.07, 6.45) is 7.05. The average Bonchev–Trinajstić information content (AvgIpc) is 2.80. The van der Waals surface area contributed by atoms with Crippen molar-refractivity contribution in [3.63, 3.8) is 0 Å². The van der Waals surface area contributed by atoms with Crippen molar-refractivity contribution in [2.45, 2.75) is 19.8 Å². The fourth-order valence-electron chi connectivity index (χ4n) is 1.88. The summed E-state index contributed by atoms with van der Waals surface area (Å²) >= 11 is 3.14. The Morgan fingerprint density at radius 2 is 1.81 bits per heavy atom. The maximum absolute atomic E-state index is 3.14. The number of aryl methyl sites for hydroxylation is 1. The molecule has 0 aliphatic carbocycles. The molecule has 0 aromatic heterocycles. The average molecular weight is 278 g/mol. The third-order valence-corrected chi connectivity index (χ3v) is 3.69. The van der Waals surface area contributed by atoms with E-state index in [9.17, 15) is 0 Å². The number of hydrogen-bond donors (Lipinski definition) is 0. The summed E-state index contributed by atoms with van der Waals surface area (Å²) in [6.45, 7) is 4.53. The molecule has 1 fully saturated rings. The van der Waals surface area contributed by atoms with E-state index in [-0.39, 0.29) is 0 Å². The van der Waals surface area contributed by atoms with Gasteiger partial charge in [0, 0.05) is 0 Å². The Bertz CT molecular complexity index is 386. The fraction of sp³-hybridized carbons (Fsp3) is 0.357. The van der Waals surface area contributed by atoms with Gasteiger partial charge < -0.3 is 0 Å². The first-order chi connectivity index (χ1) is 7.75. The first-order valence-corrected chi connectivity index (χ1v) is 6.64. The molecule has 0 saturated carbocycles. The van der Waals surface area contributed by atoms with E-state index < -0.39 is 0 Å². The first kappa shape index (κ1) is 11.6. The Morgan fingerprint density at radius 1 is 1.19 bits per heavy atom. The van der Waals surface area contributed by atoms with Crippen LogP contribution in [-0.2, 0) is 0 Å². The predicted octanol–water partition coefficient (Wildman–Crippen LogP) is 2.29. The van der Waals surface area contributed by atoms with Gasteiger partial charge >= 0.3 is 105 Å². The maximum atomic E-state index is 3.14. The Morgan fingerprint density at radius 3 is 2.44 bits per heavy atom. The molecule has 0 bridgehead atoms. The molecule has 1 aliphatic heterocycles. The molecule has 2 heteroatoms. The topological polar surface area (TPSA) is 3.24 Å². The molecule has 16 heavy (non-hydrogen) atoms. The minimum atomic E-state index is 1.21.